The van der Waals surface area contributed by atoms with E-state index in [1.807, 2.05) is 6.92 Å². The second kappa shape index (κ2) is 7.41. The molecule has 3 rings (SSSR count). The maximum absolute atomic E-state index is 12.2. The first-order chi connectivity index (χ1) is 12.0. The Kier molecular flexibility index (Phi) is 5.05. The predicted octanol–water partition coefficient (Wildman–Crippen LogP) is 2.73. The summed E-state index contributed by atoms with van der Waals surface area (Å²) in [6, 6.07) is 10.4. The molecule has 0 atom stereocenters. The van der Waals surface area contributed by atoms with E-state index in [-0.39, 0.29) is 16.8 Å². The number of tetrazole rings is 1. The lowest BCUT2D eigenvalue weighted by molar-refractivity contribution is 0.0951. The molecule has 0 unspecified atom stereocenters. The summed E-state index contributed by atoms with van der Waals surface area (Å²) in [5, 5.41) is 17.4. The average Bonchev–Trinajstić information content (AvgIpc) is 3.24. The second-order valence-electron chi connectivity index (χ2n) is 4.88. The first kappa shape index (κ1) is 17.1. The minimum Gasteiger partial charge on any atom is -0.451 e. The van der Waals surface area contributed by atoms with Gasteiger partial charge in [0.1, 0.15) is 5.76 Å². The Morgan fingerprint density at radius 3 is 2.72 bits per heavy atom. The molecule has 0 aliphatic carbocycles. The van der Waals surface area contributed by atoms with Gasteiger partial charge in [-0.3, -0.25) is 15.4 Å². The van der Waals surface area contributed by atoms with Crippen LogP contribution in [0.4, 0.5) is 5.95 Å². The van der Waals surface area contributed by atoms with Crippen LogP contribution in [0.3, 0.4) is 0 Å². The fourth-order valence-corrected chi connectivity index (χ4v) is 2.26. The van der Waals surface area contributed by atoms with Crippen molar-refractivity contribution >= 4 is 40.8 Å². The van der Waals surface area contributed by atoms with E-state index in [1.165, 1.54) is 4.80 Å². The number of amides is 1. The molecule has 1 amide bonds. The summed E-state index contributed by atoms with van der Waals surface area (Å²) in [7, 11) is 0. The fraction of sp³-hybridized carbons (Fsp3) is 0.133. The molecule has 0 aliphatic heterocycles. The summed E-state index contributed by atoms with van der Waals surface area (Å²) >= 11 is 10.9. The number of halogens is 1. The standard InChI is InChI=1S/C15H13ClN6O2S/c1-2-22-20-14(19-21-22)18-15(25)17-13(23)12-8-7-11(24-12)9-3-5-10(16)6-4-9/h3-8H,2H2,1H3,(H2,17,18,20,23,25). The largest absolute Gasteiger partial charge is 0.451 e. The molecule has 1 aromatic carbocycles. The van der Waals surface area contributed by atoms with Crippen LogP contribution in [0, 0.1) is 0 Å². The minimum absolute atomic E-state index is 0.0464. The number of aromatic nitrogens is 4. The highest BCUT2D eigenvalue weighted by Crippen LogP contribution is 2.23. The zero-order valence-electron chi connectivity index (χ0n) is 13.1. The van der Waals surface area contributed by atoms with Crippen LogP contribution < -0.4 is 10.6 Å². The molecule has 10 heteroatoms. The number of thiocarbonyl (C=S) groups is 1. The van der Waals surface area contributed by atoms with Crippen molar-refractivity contribution in [1.82, 2.24) is 25.5 Å². The average molecular weight is 377 g/mol. The Morgan fingerprint density at radius 1 is 1.28 bits per heavy atom. The van der Waals surface area contributed by atoms with Crippen molar-refractivity contribution in [2.45, 2.75) is 13.5 Å². The zero-order chi connectivity index (χ0) is 17.8. The number of hydrogen-bond donors (Lipinski definition) is 2. The highest BCUT2D eigenvalue weighted by molar-refractivity contribution is 7.80. The van der Waals surface area contributed by atoms with E-state index in [2.05, 4.69) is 26.0 Å². The fourth-order valence-electron chi connectivity index (χ4n) is 1.95. The molecule has 0 aliphatic rings. The van der Waals surface area contributed by atoms with Crippen molar-refractivity contribution in [3.8, 4) is 11.3 Å². The van der Waals surface area contributed by atoms with Gasteiger partial charge in [0, 0.05) is 10.6 Å². The monoisotopic (exact) mass is 376 g/mol. The zero-order valence-corrected chi connectivity index (χ0v) is 14.6. The molecule has 3 aromatic rings. The van der Waals surface area contributed by atoms with E-state index in [9.17, 15) is 4.79 Å². The van der Waals surface area contributed by atoms with Gasteiger partial charge in [-0.2, -0.15) is 4.80 Å². The number of aryl methyl sites for hydroxylation is 1. The van der Waals surface area contributed by atoms with E-state index in [1.54, 1.807) is 36.4 Å². The first-order valence-electron chi connectivity index (χ1n) is 7.31. The van der Waals surface area contributed by atoms with E-state index in [0.717, 1.165) is 5.56 Å². The third-order valence-electron chi connectivity index (χ3n) is 3.15. The van der Waals surface area contributed by atoms with Crippen molar-refractivity contribution in [1.29, 1.82) is 0 Å². The molecule has 128 valence electrons. The lowest BCUT2D eigenvalue weighted by atomic mass is 10.2. The SMILES string of the molecule is CCn1nnc(NC(=S)NC(=O)c2ccc(-c3ccc(Cl)cc3)o2)n1. The Labute approximate surface area is 153 Å². The number of carbonyl (C=O) groups is 1. The molecule has 2 N–H and O–H groups in total. The van der Waals surface area contributed by atoms with Crippen molar-refractivity contribution < 1.29 is 9.21 Å². The van der Waals surface area contributed by atoms with E-state index in [0.29, 0.717) is 17.3 Å². The van der Waals surface area contributed by atoms with Crippen LogP contribution in [0.15, 0.2) is 40.8 Å². The summed E-state index contributed by atoms with van der Waals surface area (Å²) in [5.41, 5.74) is 0.810. The number of rotatable bonds is 4. The lowest BCUT2D eigenvalue weighted by Gasteiger charge is -2.04. The molecular weight excluding hydrogens is 364 g/mol. The van der Waals surface area contributed by atoms with Crippen molar-refractivity contribution in [2.75, 3.05) is 5.32 Å². The van der Waals surface area contributed by atoms with Crippen LogP contribution in [-0.2, 0) is 6.54 Å². The molecule has 0 radical (unpaired) electrons. The van der Waals surface area contributed by atoms with Crippen LogP contribution in [0.1, 0.15) is 17.5 Å². The molecule has 2 heterocycles. The molecule has 0 saturated heterocycles. The molecular formula is C15H13ClN6O2S. The first-order valence-corrected chi connectivity index (χ1v) is 8.09. The van der Waals surface area contributed by atoms with Gasteiger partial charge in [-0.25, -0.2) is 0 Å². The van der Waals surface area contributed by atoms with Crippen LogP contribution in [0.25, 0.3) is 11.3 Å². The van der Waals surface area contributed by atoms with Gasteiger partial charge in [0.05, 0.1) is 6.54 Å². The topological polar surface area (TPSA) is 97.9 Å². The lowest BCUT2D eigenvalue weighted by Crippen LogP contribution is -2.34. The molecule has 0 spiro atoms. The highest BCUT2D eigenvalue weighted by Gasteiger charge is 2.14. The smallest absolute Gasteiger partial charge is 0.293 e. The van der Waals surface area contributed by atoms with Gasteiger partial charge in [0.15, 0.2) is 10.9 Å². The van der Waals surface area contributed by atoms with Crippen LogP contribution >= 0.6 is 23.8 Å². The van der Waals surface area contributed by atoms with Gasteiger partial charge in [-0.1, -0.05) is 16.7 Å². The van der Waals surface area contributed by atoms with E-state index >= 15 is 0 Å². The maximum Gasteiger partial charge on any atom is 0.293 e. The molecule has 0 bridgehead atoms. The summed E-state index contributed by atoms with van der Waals surface area (Å²) in [6.45, 7) is 2.45. The van der Waals surface area contributed by atoms with Crippen molar-refractivity contribution in [3.63, 3.8) is 0 Å². The molecule has 25 heavy (non-hydrogen) atoms. The number of nitrogens with one attached hydrogen (secondary N) is 2. The van der Waals surface area contributed by atoms with Gasteiger partial charge in [0.2, 0.25) is 0 Å². The van der Waals surface area contributed by atoms with Gasteiger partial charge in [0.25, 0.3) is 11.9 Å². The van der Waals surface area contributed by atoms with Gasteiger partial charge in [-0.15, -0.1) is 5.10 Å². The van der Waals surface area contributed by atoms with Gasteiger partial charge in [-0.05, 0) is 60.8 Å². The number of carbonyl (C=O) groups excluding carboxylic acids is 1. The highest BCUT2D eigenvalue weighted by atomic mass is 35.5. The molecule has 0 saturated carbocycles. The summed E-state index contributed by atoms with van der Waals surface area (Å²) in [6.07, 6.45) is 0. The summed E-state index contributed by atoms with van der Waals surface area (Å²) < 4.78 is 5.55. The minimum atomic E-state index is -0.486. The molecule has 8 nitrogen and oxygen atoms in total. The number of benzene rings is 1. The number of hydrogen-bond acceptors (Lipinski definition) is 6. The molecule has 0 fully saturated rings. The second-order valence-corrected chi connectivity index (χ2v) is 5.73. The van der Waals surface area contributed by atoms with Gasteiger partial charge >= 0.3 is 0 Å². The van der Waals surface area contributed by atoms with E-state index in [4.69, 9.17) is 28.2 Å². The number of anilines is 1. The molecule has 2 aromatic heterocycles. The normalized spacial score (nSPS) is 10.5. The van der Waals surface area contributed by atoms with Crippen LogP contribution in [0.5, 0.6) is 0 Å². The third-order valence-corrected chi connectivity index (χ3v) is 3.60. The maximum atomic E-state index is 12.2. The Balaban J connectivity index is 1.63. The van der Waals surface area contributed by atoms with Crippen LogP contribution in [-0.4, -0.2) is 31.2 Å². The van der Waals surface area contributed by atoms with E-state index < -0.39 is 5.91 Å². The quantitative estimate of drug-likeness (QED) is 0.675. The Morgan fingerprint density at radius 2 is 2.04 bits per heavy atom. The van der Waals surface area contributed by atoms with Gasteiger partial charge < -0.3 is 4.42 Å². The summed E-state index contributed by atoms with van der Waals surface area (Å²) in [4.78, 5) is 13.6. The van der Waals surface area contributed by atoms with Crippen molar-refractivity contribution in [2.24, 2.45) is 0 Å². The Hall–Kier alpha value is -2.78. The van der Waals surface area contributed by atoms with Crippen LogP contribution in [0.2, 0.25) is 5.02 Å². The summed E-state index contributed by atoms with van der Waals surface area (Å²) in [5.74, 6) is 0.390. The Bertz CT molecular complexity index is 905. The number of furan rings is 1. The predicted molar refractivity (Wildman–Crippen MR) is 96.3 cm³/mol. The van der Waals surface area contributed by atoms with Crippen molar-refractivity contribution in [3.05, 3.63) is 47.2 Å². The number of nitrogens with zero attached hydrogens (tertiary/aromatic N) is 4. The third kappa shape index (κ3) is 4.20.